The molecule has 0 aliphatic heterocycles. The molecular formula is C52H39NO. The lowest BCUT2D eigenvalue weighted by atomic mass is 9.63. The summed E-state index contributed by atoms with van der Waals surface area (Å²) in [6.07, 6.45) is 0. The zero-order valence-electron chi connectivity index (χ0n) is 30.9. The van der Waals surface area contributed by atoms with E-state index in [-0.39, 0.29) is 10.8 Å². The molecule has 54 heavy (non-hydrogen) atoms. The molecule has 1 aromatic heterocycles. The van der Waals surface area contributed by atoms with Crippen molar-refractivity contribution in [3.05, 3.63) is 186 Å². The van der Waals surface area contributed by atoms with E-state index < -0.39 is 0 Å². The molecule has 2 nitrogen and oxygen atoms in total. The quantitative estimate of drug-likeness (QED) is 0.182. The van der Waals surface area contributed by atoms with E-state index in [9.17, 15) is 0 Å². The smallest absolute Gasteiger partial charge is 0.159 e. The molecule has 8 aromatic carbocycles. The molecule has 258 valence electrons. The molecule has 0 N–H and O–H groups in total. The third-order valence-electron chi connectivity index (χ3n) is 12.4. The number of para-hydroxylation sites is 3. The van der Waals surface area contributed by atoms with Crippen LogP contribution in [0.1, 0.15) is 49.9 Å². The number of anilines is 3. The summed E-state index contributed by atoms with van der Waals surface area (Å²) < 4.78 is 7.01. The van der Waals surface area contributed by atoms with Gasteiger partial charge in [0.25, 0.3) is 0 Å². The summed E-state index contributed by atoms with van der Waals surface area (Å²) in [5.74, 6) is 0. The van der Waals surface area contributed by atoms with Crippen molar-refractivity contribution in [2.24, 2.45) is 0 Å². The van der Waals surface area contributed by atoms with Crippen LogP contribution >= 0.6 is 0 Å². The second-order valence-corrected chi connectivity index (χ2v) is 16.0. The van der Waals surface area contributed by atoms with Crippen molar-refractivity contribution in [1.29, 1.82) is 0 Å². The third kappa shape index (κ3) is 4.11. The molecule has 2 aliphatic carbocycles. The number of rotatable bonds is 4. The molecule has 0 fully saturated rings. The van der Waals surface area contributed by atoms with Crippen molar-refractivity contribution in [2.45, 2.75) is 38.5 Å². The first kappa shape index (κ1) is 31.2. The van der Waals surface area contributed by atoms with Crippen LogP contribution in [0.5, 0.6) is 0 Å². The molecule has 0 amide bonds. The van der Waals surface area contributed by atoms with Crippen LogP contribution in [-0.4, -0.2) is 0 Å². The number of hydrogen-bond donors (Lipinski definition) is 0. The van der Waals surface area contributed by atoms with Crippen LogP contribution in [0.4, 0.5) is 17.1 Å². The maximum Gasteiger partial charge on any atom is 0.159 e. The van der Waals surface area contributed by atoms with Crippen LogP contribution in [0.25, 0.3) is 66.1 Å². The predicted molar refractivity (Wildman–Crippen MR) is 226 cm³/mol. The Labute approximate surface area is 315 Å². The second kappa shape index (κ2) is 11.1. The lowest BCUT2D eigenvalue weighted by Gasteiger charge is -2.40. The summed E-state index contributed by atoms with van der Waals surface area (Å²) in [6.45, 7) is 9.69. The van der Waals surface area contributed by atoms with Crippen molar-refractivity contribution in [2.75, 3.05) is 4.90 Å². The maximum absolute atomic E-state index is 7.01. The first-order chi connectivity index (χ1) is 26.3. The molecule has 1 heterocycles. The van der Waals surface area contributed by atoms with Gasteiger partial charge in [-0.05, 0) is 79.7 Å². The molecular weight excluding hydrogens is 655 g/mol. The summed E-state index contributed by atoms with van der Waals surface area (Å²) in [6, 6.07) is 59.8. The minimum absolute atomic E-state index is 0.102. The Balaban J connectivity index is 1.17. The number of hydrogen-bond acceptors (Lipinski definition) is 2. The summed E-state index contributed by atoms with van der Waals surface area (Å²) >= 11 is 0. The van der Waals surface area contributed by atoms with Gasteiger partial charge in [-0.25, -0.2) is 0 Å². The molecule has 2 aliphatic rings. The van der Waals surface area contributed by atoms with Crippen LogP contribution in [0.15, 0.2) is 168 Å². The number of benzene rings is 8. The van der Waals surface area contributed by atoms with Gasteiger partial charge in [-0.3, -0.25) is 0 Å². The predicted octanol–water partition coefficient (Wildman–Crippen LogP) is 14.5. The van der Waals surface area contributed by atoms with Crippen LogP contribution in [0.2, 0.25) is 0 Å². The Morgan fingerprint density at radius 3 is 1.72 bits per heavy atom. The highest BCUT2D eigenvalue weighted by atomic mass is 16.3. The van der Waals surface area contributed by atoms with Crippen molar-refractivity contribution in [1.82, 2.24) is 0 Å². The zero-order valence-corrected chi connectivity index (χ0v) is 30.9. The topological polar surface area (TPSA) is 16.4 Å². The third-order valence-corrected chi connectivity index (χ3v) is 12.4. The van der Waals surface area contributed by atoms with E-state index in [2.05, 4.69) is 196 Å². The standard InChI is InChI=1S/C52H39NO/c1-51(2)42-25-12-11-20-35(42)37-28-29-38-36-30-31-44(41-24-14-26-43(46(36)41)52(3,4)48(38)47(37)51)53(33-18-9-6-10-19-33)45-27-15-23-40-39-22-13-21-34(49(39)54-50(40)45)32-16-7-5-8-17-32/h5-31H,1-4H3. The minimum atomic E-state index is -0.227. The van der Waals surface area contributed by atoms with Crippen LogP contribution in [0, 0.1) is 0 Å². The van der Waals surface area contributed by atoms with E-state index in [0.29, 0.717) is 0 Å². The minimum Gasteiger partial charge on any atom is -0.453 e. The summed E-state index contributed by atoms with van der Waals surface area (Å²) in [7, 11) is 0. The Hall–Kier alpha value is -6.38. The van der Waals surface area contributed by atoms with Gasteiger partial charge < -0.3 is 9.32 Å². The average Bonchev–Trinajstić information content (AvgIpc) is 3.71. The highest BCUT2D eigenvalue weighted by molar-refractivity contribution is 6.16. The molecule has 9 aromatic rings. The van der Waals surface area contributed by atoms with Gasteiger partial charge in [-0.2, -0.15) is 0 Å². The van der Waals surface area contributed by atoms with Crippen LogP contribution in [-0.2, 0) is 10.8 Å². The molecule has 11 rings (SSSR count). The summed E-state index contributed by atoms with van der Waals surface area (Å²) in [4.78, 5) is 2.40. The van der Waals surface area contributed by atoms with E-state index >= 15 is 0 Å². The van der Waals surface area contributed by atoms with Gasteiger partial charge in [0.15, 0.2) is 5.58 Å². The fourth-order valence-corrected chi connectivity index (χ4v) is 10.0. The molecule has 0 unspecified atom stereocenters. The first-order valence-electron chi connectivity index (χ1n) is 19.0. The summed E-state index contributed by atoms with van der Waals surface area (Å²) in [5.41, 5.74) is 18.0. The van der Waals surface area contributed by atoms with E-state index in [4.69, 9.17) is 4.42 Å². The largest absolute Gasteiger partial charge is 0.453 e. The van der Waals surface area contributed by atoms with Gasteiger partial charge in [0.2, 0.25) is 0 Å². The van der Waals surface area contributed by atoms with E-state index in [0.717, 1.165) is 50.1 Å². The van der Waals surface area contributed by atoms with Crippen molar-refractivity contribution in [3.63, 3.8) is 0 Å². The van der Waals surface area contributed by atoms with Gasteiger partial charge in [-0.1, -0.05) is 167 Å². The highest BCUT2D eigenvalue weighted by Crippen LogP contribution is 2.59. The SMILES string of the molecule is CC1(C)c2ccccc2-c2ccc3c(c21)C(C)(C)c1cccc2c(N(c4ccccc4)c4cccc5c4oc4c(-c6ccccc6)cccc45)ccc-3c12. The number of fused-ring (bicyclic) bond motifs is 9. The molecule has 0 atom stereocenters. The first-order valence-corrected chi connectivity index (χ1v) is 19.0. The Kier molecular flexibility index (Phi) is 6.39. The molecule has 2 heteroatoms. The Morgan fingerprint density at radius 1 is 0.389 bits per heavy atom. The fraction of sp³-hybridized carbons (Fsp3) is 0.115. The molecule has 0 spiro atoms. The number of nitrogens with zero attached hydrogens (tertiary/aromatic N) is 1. The molecule has 0 saturated heterocycles. The Bertz CT molecular complexity index is 2980. The summed E-state index contributed by atoms with van der Waals surface area (Å²) in [5, 5.41) is 4.78. The Morgan fingerprint density at radius 2 is 0.944 bits per heavy atom. The fourth-order valence-electron chi connectivity index (χ4n) is 10.0. The van der Waals surface area contributed by atoms with Gasteiger partial charge in [-0.15, -0.1) is 0 Å². The highest BCUT2D eigenvalue weighted by Gasteiger charge is 2.44. The van der Waals surface area contributed by atoms with Gasteiger partial charge in [0, 0.05) is 38.2 Å². The zero-order chi connectivity index (χ0) is 36.3. The molecule has 0 radical (unpaired) electrons. The van der Waals surface area contributed by atoms with Gasteiger partial charge in [0.05, 0.1) is 11.4 Å². The van der Waals surface area contributed by atoms with Crippen LogP contribution < -0.4 is 4.90 Å². The van der Waals surface area contributed by atoms with Crippen molar-refractivity contribution >= 4 is 49.8 Å². The molecule has 0 saturated carbocycles. The normalized spacial score (nSPS) is 14.6. The van der Waals surface area contributed by atoms with Crippen molar-refractivity contribution in [3.8, 4) is 33.4 Å². The molecule has 0 bridgehead atoms. The second-order valence-electron chi connectivity index (χ2n) is 16.0. The van der Waals surface area contributed by atoms with E-state index in [1.807, 2.05) is 0 Å². The average molecular weight is 694 g/mol. The maximum atomic E-state index is 7.01. The van der Waals surface area contributed by atoms with Gasteiger partial charge in [0.1, 0.15) is 5.58 Å². The van der Waals surface area contributed by atoms with Crippen molar-refractivity contribution < 1.29 is 4.42 Å². The lowest BCUT2D eigenvalue weighted by molar-refractivity contribution is 0.591. The lowest BCUT2D eigenvalue weighted by Crippen LogP contribution is -2.29. The van der Waals surface area contributed by atoms with Gasteiger partial charge >= 0.3 is 0 Å². The van der Waals surface area contributed by atoms with Crippen LogP contribution in [0.3, 0.4) is 0 Å². The monoisotopic (exact) mass is 693 g/mol. The van der Waals surface area contributed by atoms with E-state index in [1.54, 1.807) is 0 Å². The van der Waals surface area contributed by atoms with E-state index in [1.165, 1.54) is 55.3 Å². The number of furan rings is 1.